The van der Waals surface area contributed by atoms with Crippen LogP contribution in [0.4, 0.5) is 16.4 Å². The number of nitro benzene ring substituents is 1. The molecular weight excluding hydrogens is 434 g/mol. The number of benzene rings is 2. The fraction of sp³-hybridized carbons (Fsp3) is 0.136. The smallest absolute Gasteiger partial charge is 0.341 e. The number of anilines is 2. The highest BCUT2D eigenvalue weighted by molar-refractivity contribution is 7.19. The second-order valence-corrected chi connectivity index (χ2v) is 7.58. The number of ether oxygens (including phenoxy) is 1. The van der Waals surface area contributed by atoms with Crippen molar-refractivity contribution in [1.29, 1.82) is 0 Å². The molecule has 3 rings (SSSR count). The first-order valence-electron chi connectivity index (χ1n) is 9.54. The zero-order valence-electron chi connectivity index (χ0n) is 17.2. The molecule has 0 saturated heterocycles. The summed E-state index contributed by atoms with van der Waals surface area (Å²) in [4.78, 5) is 48.5. The number of esters is 1. The first-order valence-corrected chi connectivity index (χ1v) is 10.4. The number of rotatable bonds is 7. The van der Waals surface area contributed by atoms with Gasteiger partial charge in [-0.1, -0.05) is 18.2 Å². The second-order valence-electron chi connectivity index (χ2n) is 6.56. The first-order chi connectivity index (χ1) is 15.3. The van der Waals surface area contributed by atoms with Crippen molar-refractivity contribution in [2.24, 2.45) is 0 Å². The van der Waals surface area contributed by atoms with Gasteiger partial charge >= 0.3 is 5.97 Å². The summed E-state index contributed by atoms with van der Waals surface area (Å²) in [5.41, 5.74) is 1.05. The summed E-state index contributed by atoms with van der Waals surface area (Å²) in [5.74, 6) is -1.68. The average molecular weight is 453 g/mol. The van der Waals surface area contributed by atoms with Gasteiger partial charge in [0.25, 0.3) is 17.5 Å². The van der Waals surface area contributed by atoms with E-state index in [1.54, 1.807) is 38.1 Å². The number of carbonyl (C=O) groups excluding carboxylic acids is 3. The van der Waals surface area contributed by atoms with Crippen molar-refractivity contribution in [1.82, 2.24) is 0 Å². The molecule has 0 radical (unpaired) electrons. The highest BCUT2D eigenvalue weighted by atomic mass is 32.1. The van der Waals surface area contributed by atoms with Crippen LogP contribution in [-0.2, 0) is 4.74 Å². The van der Waals surface area contributed by atoms with Crippen molar-refractivity contribution < 1.29 is 24.0 Å². The van der Waals surface area contributed by atoms with E-state index in [0.29, 0.717) is 11.3 Å². The van der Waals surface area contributed by atoms with Gasteiger partial charge in [-0.2, -0.15) is 0 Å². The van der Waals surface area contributed by atoms with Crippen LogP contribution in [0.3, 0.4) is 0 Å². The number of nitro groups is 1. The van der Waals surface area contributed by atoms with E-state index in [1.165, 1.54) is 24.3 Å². The third-order valence-corrected chi connectivity index (χ3v) is 5.64. The first kappa shape index (κ1) is 22.6. The lowest BCUT2D eigenvalue weighted by molar-refractivity contribution is -0.384. The molecule has 0 aliphatic carbocycles. The van der Waals surface area contributed by atoms with Gasteiger partial charge in [0.15, 0.2) is 0 Å². The lowest BCUT2D eigenvalue weighted by Gasteiger charge is -2.07. The molecule has 9 nitrogen and oxygen atoms in total. The van der Waals surface area contributed by atoms with Crippen molar-refractivity contribution in [3.63, 3.8) is 0 Å². The van der Waals surface area contributed by atoms with E-state index in [0.717, 1.165) is 11.3 Å². The zero-order chi connectivity index (χ0) is 23.3. The topological polar surface area (TPSA) is 128 Å². The maximum absolute atomic E-state index is 12.8. The van der Waals surface area contributed by atoms with E-state index in [4.69, 9.17) is 4.74 Å². The molecule has 0 spiro atoms. The second kappa shape index (κ2) is 9.84. The average Bonchev–Trinajstić information content (AvgIpc) is 3.10. The number of para-hydroxylation sites is 1. The monoisotopic (exact) mass is 453 g/mol. The standard InChI is InChI=1S/C22H19N3O6S/c1-3-31-22(28)17-13(2)18(20(27)23-15-7-5-4-6-8-15)32-21(17)24-19(26)14-9-11-16(12-10-14)25(29)30/h4-12H,3H2,1-2H3,(H,23,27)(H,24,26). The lowest BCUT2D eigenvalue weighted by Crippen LogP contribution is -2.15. The Morgan fingerprint density at radius 3 is 2.25 bits per heavy atom. The summed E-state index contributed by atoms with van der Waals surface area (Å²) in [6, 6.07) is 13.8. The number of nitrogens with one attached hydrogen (secondary N) is 2. The Hall–Kier alpha value is -4.05. The van der Waals surface area contributed by atoms with Crippen molar-refractivity contribution in [2.45, 2.75) is 13.8 Å². The third-order valence-electron chi connectivity index (χ3n) is 4.43. The fourth-order valence-corrected chi connectivity index (χ4v) is 3.97. The van der Waals surface area contributed by atoms with E-state index >= 15 is 0 Å². The van der Waals surface area contributed by atoms with E-state index in [2.05, 4.69) is 10.6 Å². The molecule has 0 aliphatic rings. The van der Waals surface area contributed by atoms with E-state index in [9.17, 15) is 24.5 Å². The van der Waals surface area contributed by atoms with Crippen molar-refractivity contribution in [3.05, 3.63) is 86.3 Å². The number of hydrogen-bond donors (Lipinski definition) is 2. The van der Waals surface area contributed by atoms with Gasteiger partial charge in [-0.25, -0.2) is 4.79 Å². The van der Waals surface area contributed by atoms with Gasteiger partial charge in [-0.05, 0) is 43.7 Å². The molecule has 3 aromatic rings. The van der Waals surface area contributed by atoms with E-state index in [-0.39, 0.29) is 33.3 Å². The Labute approximate surface area is 187 Å². The highest BCUT2D eigenvalue weighted by Crippen LogP contribution is 2.34. The number of non-ortho nitro benzene ring substituents is 1. The Balaban J connectivity index is 1.92. The molecular formula is C22H19N3O6S. The molecule has 2 N–H and O–H groups in total. The van der Waals surface area contributed by atoms with Gasteiger partial charge in [-0.15, -0.1) is 11.3 Å². The number of hydrogen-bond acceptors (Lipinski definition) is 7. The van der Waals surface area contributed by atoms with Crippen molar-refractivity contribution in [2.75, 3.05) is 17.2 Å². The summed E-state index contributed by atoms with van der Waals surface area (Å²) in [7, 11) is 0. The molecule has 10 heteroatoms. The molecule has 2 amide bonds. The molecule has 0 fully saturated rings. The number of thiophene rings is 1. The summed E-state index contributed by atoms with van der Waals surface area (Å²) in [5, 5.41) is 16.3. The van der Waals surface area contributed by atoms with Crippen molar-refractivity contribution >= 4 is 45.5 Å². The Kier molecular flexibility index (Phi) is 6.96. The van der Waals surface area contributed by atoms with Gasteiger partial charge in [0.1, 0.15) is 5.00 Å². The molecule has 0 atom stereocenters. The van der Waals surface area contributed by atoms with Gasteiger partial charge in [0.05, 0.1) is 22.0 Å². The maximum Gasteiger partial charge on any atom is 0.341 e. The molecule has 0 saturated carbocycles. The predicted octanol–water partition coefficient (Wildman–Crippen LogP) is 4.65. The minimum Gasteiger partial charge on any atom is -0.462 e. The van der Waals surface area contributed by atoms with Crippen molar-refractivity contribution in [3.8, 4) is 0 Å². The SMILES string of the molecule is CCOC(=O)c1c(NC(=O)c2ccc([N+](=O)[O-])cc2)sc(C(=O)Nc2ccccc2)c1C. The minimum absolute atomic E-state index is 0.0883. The van der Waals surface area contributed by atoms with Crippen LogP contribution in [-0.4, -0.2) is 29.3 Å². The van der Waals surface area contributed by atoms with E-state index in [1.807, 2.05) is 6.07 Å². The fourth-order valence-electron chi connectivity index (χ4n) is 2.89. The van der Waals surface area contributed by atoms with Crippen LogP contribution in [0.15, 0.2) is 54.6 Å². The molecule has 0 bridgehead atoms. The third kappa shape index (κ3) is 4.98. The number of carbonyl (C=O) groups is 3. The summed E-state index contributed by atoms with van der Waals surface area (Å²) in [6.07, 6.45) is 0. The largest absolute Gasteiger partial charge is 0.462 e. The lowest BCUT2D eigenvalue weighted by atomic mass is 10.1. The quantitative estimate of drug-likeness (QED) is 0.305. The van der Waals surface area contributed by atoms with Crippen LogP contribution in [0.5, 0.6) is 0 Å². The molecule has 1 heterocycles. The molecule has 164 valence electrons. The Bertz CT molecular complexity index is 1170. The molecule has 1 aromatic heterocycles. The zero-order valence-corrected chi connectivity index (χ0v) is 18.0. The van der Waals surface area contributed by atoms with Crippen LogP contribution in [0.1, 0.15) is 42.9 Å². The Morgan fingerprint density at radius 1 is 1.00 bits per heavy atom. The number of amides is 2. The maximum atomic E-state index is 12.8. The van der Waals surface area contributed by atoms with Gasteiger partial charge in [-0.3, -0.25) is 19.7 Å². The molecule has 0 aliphatic heterocycles. The minimum atomic E-state index is -0.668. The highest BCUT2D eigenvalue weighted by Gasteiger charge is 2.27. The van der Waals surface area contributed by atoms with Gasteiger partial charge in [0.2, 0.25) is 0 Å². The number of nitrogens with zero attached hydrogens (tertiary/aromatic N) is 1. The van der Waals surface area contributed by atoms with Crippen LogP contribution >= 0.6 is 11.3 Å². The van der Waals surface area contributed by atoms with Crippen LogP contribution in [0.2, 0.25) is 0 Å². The summed E-state index contributed by atoms with van der Waals surface area (Å²) in [6.45, 7) is 3.37. The van der Waals surface area contributed by atoms with Gasteiger partial charge < -0.3 is 15.4 Å². The van der Waals surface area contributed by atoms with Crippen LogP contribution in [0.25, 0.3) is 0 Å². The predicted molar refractivity (Wildman–Crippen MR) is 120 cm³/mol. The normalized spacial score (nSPS) is 10.3. The molecule has 0 unspecified atom stereocenters. The molecule has 2 aromatic carbocycles. The van der Waals surface area contributed by atoms with E-state index < -0.39 is 22.7 Å². The van der Waals surface area contributed by atoms with Crippen LogP contribution in [0, 0.1) is 17.0 Å². The van der Waals surface area contributed by atoms with Gasteiger partial charge in [0, 0.05) is 23.4 Å². The molecule has 32 heavy (non-hydrogen) atoms. The van der Waals surface area contributed by atoms with Crippen LogP contribution < -0.4 is 10.6 Å². The Morgan fingerprint density at radius 2 is 1.66 bits per heavy atom. The summed E-state index contributed by atoms with van der Waals surface area (Å²) >= 11 is 0.946. The summed E-state index contributed by atoms with van der Waals surface area (Å²) < 4.78 is 5.10.